The topological polar surface area (TPSA) is 107 Å². The van der Waals surface area contributed by atoms with Gasteiger partial charge in [-0.3, -0.25) is 14.5 Å². The van der Waals surface area contributed by atoms with Gasteiger partial charge in [0.1, 0.15) is 23.0 Å². The molecular weight excluding hydrogens is 446 g/mol. The number of ether oxygens (including phenoxy) is 1. The van der Waals surface area contributed by atoms with Crippen molar-refractivity contribution >= 4 is 23.1 Å². The minimum Gasteiger partial charge on any atom is -0.508 e. The van der Waals surface area contributed by atoms with E-state index < -0.39 is 17.7 Å². The summed E-state index contributed by atoms with van der Waals surface area (Å²) in [6.07, 6.45) is 0. The van der Waals surface area contributed by atoms with Crippen LogP contribution >= 0.6 is 0 Å². The second kappa shape index (κ2) is 9.54. The molecule has 1 fully saturated rings. The molecule has 1 unspecified atom stereocenters. The van der Waals surface area contributed by atoms with E-state index in [1.807, 2.05) is 20.8 Å². The summed E-state index contributed by atoms with van der Waals surface area (Å²) in [5, 5.41) is 31.6. The van der Waals surface area contributed by atoms with Crippen LogP contribution in [0.5, 0.6) is 17.2 Å². The average Bonchev–Trinajstić information content (AvgIpc) is 3.10. The van der Waals surface area contributed by atoms with Gasteiger partial charge in [-0.1, -0.05) is 38.1 Å². The van der Waals surface area contributed by atoms with Gasteiger partial charge in [0.05, 0.1) is 23.9 Å². The molecule has 180 valence electrons. The number of anilines is 1. The zero-order valence-corrected chi connectivity index (χ0v) is 19.7. The molecule has 1 amide bonds. The van der Waals surface area contributed by atoms with Crippen molar-refractivity contribution in [1.29, 1.82) is 0 Å². The molecule has 1 heterocycles. The minimum absolute atomic E-state index is 0.0151. The Morgan fingerprint density at radius 3 is 2.31 bits per heavy atom. The number of ketones is 1. The number of amides is 1. The van der Waals surface area contributed by atoms with Gasteiger partial charge in [0.2, 0.25) is 0 Å². The van der Waals surface area contributed by atoms with Gasteiger partial charge in [-0.15, -0.1) is 0 Å². The normalized spacial score (nSPS) is 17.3. The maximum Gasteiger partial charge on any atom is 0.300 e. The molecule has 7 heteroatoms. The summed E-state index contributed by atoms with van der Waals surface area (Å²) in [5.41, 5.74) is 1.74. The summed E-state index contributed by atoms with van der Waals surface area (Å²) >= 11 is 0. The van der Waals surface area contributed by atoms with Gasteiger partial charge in [0, 0.05) is 5.56 Å². The van der Waals surface area contributed by atoms with E-state index in [0.717, 1.165) is 5.56 Å². The van der Waals surface area contributed by atoms with E-state index in [-0.39, 0.29) is 34.4 Å². The second-order valence-corrected chi connectivity index (χ2v) is 8.59. The highest BCUT2D eigenvalue weighted by Crippen LogP contribution is 2.45. The molecule has 0 saturated carbocycles. The fourth-order valence-electron chi connectivity index (χ4n) is 4.31. The van der Waals surface area contributed by atoms with E-state index in [4.69, 9.17) is 4.74 Å². The molecule has 0 bridgehead atoms. The first-order valence-corrected chi connectivity index (χ1v) is 11.4. The molecule has 1 aliphatic heterocycles. The lowest BCUT2D eigenvalue weighted by molar-refractivity contribution is -0.132. The van der Waals surface area contributed by atoms with Crippen molar-refractivity contribution in [3.8, 4) is 17.2 Å². The van der Waals surface area contributed by atoms with Gasteiger partial charge in [-0.05, 0) is 66.4 Å². The molecule has 4 rings (SSSR count). The third kappa shape index (κ3) is 4.33. The third-order valence-corrected chi connectivity index (χ3v) is 6.00. The van der Waals surface area contributed by atoms with Crippen LogP contribution in [0.3, 0.4) is 0 Å². The van der Waals surface area contributed by atoms with Gasteiger partial charge in [0.15, 0.2) is 0 Å². The van der Waals surface area contributed by atoms with E-state index in [0.29, 0.717) is 23.5 Å². The Balaban J connectivity index is 1.94. The molecule has 1 aliphatic rings. The SMILES string of the molecule is CCOc1ccc(/C(O)=C2/C(=O)C(=O)N(c3ccccc3O)C2c2ccc(O)cc2)cc1C(C)C. The predicted octanol–water partition coefficient (Wildman–Crippen LogP) is 5.25. The summed E-state index contributed by atoms with van der Waals surface area (Å²) in [4.78, 5) is 27.7. The Hall–Kier alpha value is -4.26. The van der Waals surface area contributed by atoms with E-state index in [1.54, 1.807) is 42.5 Å². The maximum absolute atomic E-state index is 13.3. The number of rotatable bonds is 6. The molecule has 3 aromatic carbocycles. The van der Waals surface area contributed by atoms with E-state index >= 15 is 0 Å². The van der Waals surface area contributed by atoms with Crippen molar-refractivity contribution in [1.82, 2.24) is 0 Å². The number of benzene rings is 3. The molecule has 1 saturated heterocycles. The zero-order chi connectivity index (χ0) is 25.3. The minimum atomic E-state index is -1.02. The number of hydrogen-bond donors (Lipinski definition) is 3. The molecule has 0 spiro atoms. The van der Waals surface area contributed by atoms with Crippen molar-refractivity contribution in [3.05, 3.63) is 89.0 Å². The van der Waals surface area contributed by atoms with Crippen LogP contribution in [0.15, 0.2) is 72.3 Å². The first-order chi connectivity index (χ1) is 16.7. The Labute approximate surface area is 203 Å². The molecule has 0 radical (unpaired) electrons. The van der Waals surface area contributed by atoms with Crippen LogP contribution < -0.4 is 9.64 Å². The highest BCUT2D eigenvalue weighted by Gasteiger charge is 2.47. The summed E-state index contributed by atoms with van der Waals surface area (Å²) in [7, 11) is 0. The van der Waals surface area contributed by atoms with E-state index in [1.165, 1.54) is 29.2 Å². The number of aliphatic hydroxyl groups is 1. The predicted molar refractivity (Wildman–Crippen MR) is 133 cm³/mol. The van der Waals surface area contributed by atoms with E-state index in [9.17, 15) is 24.9 Å². The monoisotopic (exact) mass is 473 g/mol. The quantitative estimate of drug-likeness (QED) is 0.257. The first kappa shape index (κ1) is 23.9. The standard InChI is InChI=1S/C28H27NO6/c1-4-35-23-14-11-18(15-20(23)16(2)3)26(32)24-25(17-9-12-19(30)13-10-17)29(28(34)27(24)33)21-7-5-6-8-22(21)31/h5-16,25,30-32H,4H2,1-3H3/b26-24-. The highest BCUT2D eigenvalue weighted by molar-refractivity contribution is 6.51. The molecular formula is C28H27NO6. The van der Waals surface area contributed by atoms with Crippen molar-refractivity contribution in [2.45, 2.75) is 32.7 Å². The van der Waals surface area contributed by atoms with Crippen LogP contribution in [0.1, 0.15) is 49.4 Å². The highest BCUT2D eigenvalue weighted by atomic mass is 16.5. The van der Waals surface area contributed by atoms with Crippen molar-refractivity contribution < 1.29 is 29.6 Å². The van der Waals surface area contributed by atoms with Gasteiger partial charge >= 0.3 is 0 Å². The molecule has 0 aromatic heterocycles. The number of aromatic hydroxyl groups is 2. The Bertz CT molecular complexity index is 1310. The van der Waals surface area contributed by atoms with Crippen LogP contribution in [0, 0.1) is 0 Å². The fraction of sp³-hybridized carbons (Fsp3) is 0.214. The van der Waals surface area contributed by atoms with Crippen LogP contribution in [0.4, 0.5) is 5.69 Å². The first-order valence-electron chi connectivity index (χ1n) is 11.4. The van der Waals surface area contributed by atoms with Crippen molar-refractivity contribution in [2.24, 2.45) is 0 Å². The van der Waals surface area contributed by atoms with Crippen LogP contribution in [0.2, 0.25) is 0 Å². The molecule has 7 nitrogen and oxygen atoms in total. The summed E-state index contributed by atoms with van der Waals surface area (Å²) in [6.45, 7) is 6.36. The van der Waals surface area contributed by atoms with Crippen molar-refractivity contribution in [3.63, 3.8) is 0 Å². The zero-order valence-electron chi connectivity index (χ0n) is 19.7. The molecule has 3 aromatic rings. The van der Waals surface area contributed by atoms with Gasteiger partial charge < -0.3 is 20.1 Å². The second-order valence-electron chi connectivity index (χ2n) is 8.59. The summed E-state index contributed by atoms with van der Waals surface area (Å²) in [5.74, 6) is -1.47. The van der Waals surface area contributed by atoms with Crippen LogP contribution in [0.25, 0.3) is 5.76 Å². The number of Topliss-reactive ketones (excluding diaryl/α,β-unsaturated/α-hetero) is 1. The largest absolute Gasteiger partial charge is 0.508 e. The number of phenolic OH excluding ortho intramolecular Hbond substituents is 2. The molecule has 0 aliphatic carbocycles. The Kier molecular flexibility index (Phi) is 6.51. The Morgan fingerprint density at radius 2 is 1.69 bits per heavy atom. The number of hydrogen-bond acceptors (Lipinski definition) is 6. The lowest BCUT2D eigenvalue weighted by Gasteiger charge is -2.26. The number of carbonyl (C=O) groups is 2. The van der Waals surface area contributed by atoms with Crippen molar-refractivity contribution in [2.75, 3.05) is 11.5 Å². The number of phenols is 2. The van der Waals surface area contributed by atoms with E-state index in [2.05, 4.69) is 0 Å². The molecule has 1 atom stereocenters. The number of para-hydroxylation sites is 2. The van der Waals surface area contributed by atoms with Crippen LogP contribution in [-0.4, -0.2) is 33.6 Å². The lowest BCUT2D eigenvalue weighted by atomic mass is 9.93. The molecule has 3 N–H and O–H groups in total. The number of nitrogens with zero attached hydrogens (tertiary/aromatic N) is 1. The maximum atomic E-state index is 13.3. The fourth-order valence-corrected chi connectivity index (χ4v) is 4.31. The lowest BCUT2D eigenvalue weighted by Crippen LogP contribution is -2.29. The third-order valence-electron chi connectivity index (χ3n) is 6.00. The number of aliphatic hydroxyl groups excluding tert-OH is 1. The molecule has 35 heavy (non-hydrogen) atoms. The van der Waals surface area contributed by atoms with Gasteiger partial charge in [-0.2, -0.15) is 0 Å². The summed E-state index contributed by atoms with van der Waals surface area (Å²) in [6, 6.07) is 16.4. The van der Waals surface area contributed by atoms with Crippen LogP contribution in [-0.2, 0) is 9.59 Å². The smallest absolute Gasteiger partial charge is 0.300 e. The Morgan fingerprint density at radius 1 is 1.00 bits per heavy atom. The number of carbonyl (C=O) groups excluding carboxylic acids is 2. The van der Waals surface area contributed by atoms with Gasteiger partial charge in [0.25, 0.3) is 11.7 Å². The summed E-state index contributed by atoms with van der Waals surface area (Å²) < 4.78 is 5.71. The average molecular weight is 474 g/mol. The van der Waals surface area contributed by atoms with Gasteiger partial charge in [-0.25, -0.2) is 0 Å².